The molecule has 0 radical (unpaired) electrons. The lowest BCUT2D eigenvalue weighted by atomic mass is 9.98. The third-order valence-electron chi connectivity index (χ3n) is 6.91. The van der Waals surface area contributed by atoms with Gasteiger partial charge in [0.05, 0.1) is 10.6 Å². The van der Waals surface area contributed by atoms with Crippen molar-refractivity contribution in [3.63, 3.8) is 0 Å². The molecular formula is C26H25N3O2S. The summed E-state index contributed by atoms with van der Waals surface area (Å²) >= 11 is 0. The highest BCUT2D eigenvalue weighted by atomic mass is 32.2. The average Bonchev–Trinajstić information content (AvgIpc) is 3.34. The number of anilines is 1. The minimum absolute atomic E-state index is 0.107. The minimum atomic E-state index is -3.52. The molecule has 2 aliphatic rings. The highest BCUT2D eigenvalue weighted by molar-refractivity contribution is 7.93. The van der Waals surface area contributed by atoms with Crippen LogP contribution in [0.2, 0.25) is 0 Å². The monoisotopic (exact) mass is 443 g/mol. The SMILES string of the molecule is CC(CN1c2cccc3cccc(c23)S1(=O)=O)N1CC=C(c2c[nH]c3ccccc23)CC1. The van der Waals surface area contributed by atoms with E-state index in [2.05, 4.69) is 47.3 Å². The van der Waals surface area contributed by atoms with Gasteiger partial charge in [0.15, 0.2) is 0 Å². The van der Waals surface area contributed by atoms with Crippen LogP contribution in [0.15, 0.2) is 77.8 Å². The number of benzene rings is 3. The zero-order chi connectivity index (χ0) is 21.9. The average molecular weight is 444 g/mol. The van der Waals surface area contributed by atoms with Gasteiger partial charge in [-0.3, -0.25) is 9.21 Å². The van der Waals surface area contributed by atoms with Crippen LogP contribution in [0.5, 0.6) is 0 Å². The van der Waals surface area contributed by atoms with Gasteiger partial charge in [0.2, 0.25) is 0 Å². The standard InChI is InChI=1S/C26H25N3O2S/c1-18(17-29-24-10-4-6-20-7-5-11-25(26(20)24)32(29,30)31)28-14-12-19(13-15-28)22-16-27-23-9-3-2-8-21(22)23/h2-12,16,18,27H,13-15,17H2,1H3. The van der Waals surface area contributed by atoms with E-state index >= 15 is 0 Å². The van der Waals surface area contributed by atoms with Crippen LogP contribution in [0.25, 0.3) is 27.2 Å². The molecule has 0 amide bonds. The number of para-hydroxylation sites is 1. The van der Waals surface area contributed by atoms with Crippen LogP contribution in [0.3, 0.4) is 0 Å². The molecule has 162 valence electrons. The molecule has 0 fully saturated rings. The van der Waals surface area contributed by atoms with Crippen molar-refractivity contribution in [2.24, 2.45) is 0 Å². The molecule has 0 bridgehead atoms. The molecule has 6 rings (SSSR count). The van der Waals surface area contributed by atoms with Crippen LogP contribution >= 0.6 is 0 Å². The molecule has 1 aromatic heterocycles. The molecule has 1 N–H and O–H groups in total. The largest absolute Gasteiger partial charge is 0.361 e. The lowest BCUT2D eigenvalue weighted by molar-refractivity contribution is 0.236. The Bertz CT molecular complexity index is 1480. The first-order valence-corrected chi connectivity index (χ1v) is 12.5. The van der Waals surface area contributed by atoms with E-state index < -0.39 is 10.0 Å². The number of H-pyrrole nitrogens is 1. The van der Waals surface area contributed by atoms with Crippen molar-refractivity contribution >= 4 is 43.0 Å². The summed E-state index contributed by atoms with van der Waals surface area (Å²) < 4.78 is 28.2. The Balaban J connectivity index is 1.24. The fourth-order valence-electron chi connectivity index (χ4n) is 5.18. The first kappa shape index (κ1) is 19.6. The Morgan fingerprint density at radius 3 is 2.66 bits per heavy atom. The van der Waals surface area contributed by atoms with Crippen molar-refractivity contribution in [1.29, 1.82) is 0 Å². The smallest absolute Gasteiger partial charge is 0.265 e. The third kappa shape index (κ3) is 2.90. The van der Waals surface area contributed by atoms with Gasteiger partial charge in [0.25, 0.3) is 10.0 Å². The number of rotatable bonds is 4. The molecule has 32 heavy (non-hydrogen) atoms. The molecule has 4 aromatic rings. The molecule has 3 heterocycles. The van der Waals surface area contributed by atoms with E-state index in [1.54, 1.807) is 10.4 Å². The summed E-state index contributed by atoms with van der Waals surface area (Å²) in [5, 5.41) is 3.08. The molecule has 0 saturated carbocycles. The second-order valence-electron chi connectivity index (χ2n) is 8.74. The summed E-state index contributed by atoms with van der Waals surface area (Å²) in [5.41, 5.74) is 4.60. The van der Waals surface area contributed by atoms with Crippen LogP contribution in [0.1, 0.15) is 18.9 Å². The van der Waals surface area contributed by atoms with Gasteiger partial charge in [-0.1, -0.05) is 48.5 Å². The summed E-state index contributed by atoms with van der Waals surface area (Å²) in [6, 6.07) is 19.9. The van der Waals surface area contributed by atoms with Gasteiger partial charge in [-0.15, -0.1) is 0 Å². The van der Waals surface area contributed by atoms with Gasteiger partial charge < -0.3 is 4.98 Å². The zero-order valence-electron chi connectivity index (χ0n) is 18.0. The summed E-state index contributed by atoms with van der Waals surface area (Å²) in [6.07, 6.45) is 5.35. The highest BCUT2D eigenvalue weighted by Crippen LogP contribution is 2.42. The molecule has 0 aliphatic carbocycles. The van der Waals surface area contributed by atoms with Crippen LogP contribution in [-0.4, -0.2) is 44.0 Å². The second kappa shape index (κ2) is 7.22. The summed E-state index contributed by atoms with van der Waals surface area (Å²) in [7, 11) is -3.52. The number of aromatic nitrogens is 1. The van der Waals surface area contributed by atoms with Crippen LogP contribution < -0.4 is 4.31 Å². The normalized spacial score (nSPS) is 18.9. The van der Waals surface area contributed by atoms with Gasteiger partial charge >= 0.3 is 0 Å². The maximum Gasteiger partial charge on any atom is 0.265 e. The molecule has 2 aliphatic heterocycles. The molecule has 1 atom stereocenters. The predicted molar refractivity (Wildman–Crippen MR) is 130 cm³/mol. The number of hydrogen-bond donors (Lipinski definition) is 1. The molecule has 6 heteroatoms. The van der Waals surface area contributed by atoms with Gasteiger partial charge in [-0.2, -0.15) is 0 Å². The lowest BCUT2D eigenvalue weighted by Gasteiger charge is -2.34. The first-order valence-electron chi connectivity index (χ1n) is 11.1. The summed E-state index contributed by atoms with van der Waals surface area (Å²) in [6.45, 7) is 4.31. The quantitative estimate of drug-likeness (QED) is 0.483. The number of nitrogens with one attached hydrogen (secondary N) is 1. The van der Waals surface area contributed by atoms with Gasteiger partial charge in [-0.25, -0.2) is 8.42 Å². The van der Waals surface area contributed by atoms with Crippen molar-refractivity contribution in [3.8, 4) is 0 Å². The Hall–Kier alpha value is -3.09. The number of sulfonamides is 1. The highest BCUT2D eigenvalue weighted by Gasteiger charge is 2.37. The molecule has 0 saturated heterocycles. The van der Waals surface area contributed by atoms with Gasteiger partial charge in [0.1, 0.15) is 0 Å². The van der Waals surface area contributed by atoms with Crippen molar-refractivity contribution in [1.82, 2.24) is 9.88 Å². The molecule has 3 aromatic carbocycles. The fraction of sp³-hybridized carbons (Fsp3) is 0.231. The lowest BCUT2D eigenvalue weighted by Crippen LogP contribution is -2.45. The number of fused-ring (bicyclic) bond motifs is 1. The van der Waals surface area contributed by atoms with E-state index in [0.29, 0.717) is 11.4 Å². The molecular weight excluding hydrogens is 418 g/mol. The third-order valence-corrected chi connectivity index (χ3v) is 8.73. The number of aromatic amines is 1. The number of nitrogens with zero attached hydrogens (tertiary/aromatic N) is 2. The van der Waals surface area contributed by atoms with Crippen LogP contribution in [0, 0.1) is 0 Å². The first-order chi connectivity index (χ1) is 15.5. The van der Waals surface area contributed by atoms with E-state index in [0.717, 1.165) is 41.5 Å². The Morgan fingerprint density at radius 1 is 1.03 bits per heavy atom. The summed E-state index contributed by atoms with van der Waals surface area (Å²) in [5.74, 6) is 0. The molecule has 0 spiro atoms. The Kier molecular flexibility index (Phi) is 4.42. The van der Waals surface area contributed by atoms with E-state index in [4.69, 9.17) is 0 Å². The minimum Gasteiger partial charge on any atom is -0.361 e. The van der Waals surface area contributed by atoms with E-state index in [1.165, 1.54) is 16.5 Å². The summed E-state index contributed by atoms with van der Waals surface area (Å²) in [4.78, 5) is 6.17. The topological polar surface area (TPSA) is 56.4 Å². The fourth-order valence-corrected chi connectivity index (χ4v) is 6.97. The zero-order valence-corrected chi connectivity index (χ0v) is 18.8. The van der Waals surface area contributed by atoms with Crippen LogP contribution in [-0.2, 0) is 10.0 Å². The molecule has 1 unspecified atom stereocenters. The van der Waals surface area contributed by atoms with Crippen molar-refractivity contribution < 1.29 is 8.42 Å². The molecule has 5 nitrogen and oxygen atoms in total. The maximum absolute atomic E-state index is 13.3. The predicted octanol–water partition coefficient (Wildman–Crippen LogP) is 5.01. The Labute approximate surface area is 188 Å². The van der Waals surface area contributed by atoms with Crippen LogP contribution in [0.4, 0.5) is 5.69 Å². The van der Waals surface area contributed by atoms with Crippen molar-refractivity contribution in [2.75, 3.05) is 23.9 Å². The second-order valence-corrected chi connectivity index (χ2v) is 10.6. The van der Waals surface area contributed by atoms with Gasteiger partial charge in [0, 0.05) is 53.7 Å². The van der Waals surface area contributed by atoms with Gasteiger partial charge in [-0.05, 0) is 42.5 Å². The van der Waals surface area contributed by atoms with Crippen molar-refractivity contribution in [2.45, 2.75) is 24.3 Å². The maximum atomic E-state index is 13.3. The van der Waals surface area contributed by atoms with E-state index in [9.17, 15) is 8.42 Å². The van der Waals surface area contributed by atoms with E-state index in [1.807, 2.05) is 36.4 Å². The van der Waals surface area contributed by atoms with E-state index in [-0.39, 0.29) is 6.04 Å². The van der Waals surface area contributed by atoms with Crippen molar-refractivity contribution in [3.05, 3.63) is 78.5 Å². The Morgan fingerprint density at radius 2 is 1.84 bits per heavy atom. The number of hydrogen-bond acceptors (Lipinski definition) is 3.